The molecule has 0 saturated carbocycles. The first-order chi connectivity index (χ1) is 11.9. The number of anilines is 2. The van der Waals surface area contributed by atoms with E-state index in [4.69, 9.17) is 0 Å². The van der Waals surface area contributed by atoms with E-state index in [9.17, 15) is 18.8 Å². The molecule has 1 aliphatic rings. The Labute approximate surface area is 148 Å². The van der Waals surface area contributed by atoms with Crippen molar-refractivity contribution in [3.63, 3.8) is 0 Å². The molecular weight excluding hydrogens is 343 g/mol. The fraction of sp³-hybridized carbons (Fsp3) is 0.167. The molecule has 1 N–H and O–H groups in total. The highest BCUT2D eigenvalue weighted by atomic mass is 32.2. The maximum absolute atomic E-state index is 13.0. The van der Waals surface area contributed by atoms with Gasteiger partial charge in [-0.15, -0.1) is 0 Å². The Bertz CT molecular complexity index is 838. The van der Waals surface area contributed by atoms with Gasteiger partial charge in [0, 0.05) is 12.1 Å². The van der Waals surface area contributed by atoms with Crippen molar-refractivity contribution in [2.45, 2.75) is 18.6 Å². The summed E-state index contributed by atoms with van der Waals surface area (Å²) in [6.07, 6.45) is -0.110. The second-order valence-corrected chi connectivity index (χ2v) is 6.80. The van der Waals surface area contributed by atoms with Gasteiger partial charge in [0.2, 0.25) is 11.8 Å². The number of imide groups is 1. The van der Waals surface area contributed by atoms with Crippen molar-refractivity contribution in [2.24, 2.45) is 0 Å². The van der Waals surface area contributed by atoms with Crippen LogP contribution in [0.5, 0.6) is 0 Å². The van der Waals surface area contributed by atoms with E-state index >= 15 is 0 Å². The molecule has 1 unspecified atom stereocenters. The first-order valence-corrected chi connectivity index (χ1v) is 8.48. The van der Waals surface area contributed by atoms with Crippen molar-refractivity contribution in [3.05, 3.63) is 59.9 Å². The monoisotopic (exact) mass is 358 g/mol. The smallest absolute Gasteiger partial charge is 0.293 e. The Hall–Kier alpha value is -2.67. The lowest BCUT2D eigenvalue weighted by molar-refractivity contribution is -0.121. The molecule has 7 heteroatoms. The fourth-order valence-electron chi connectivity index (χ4n) is 2.51. The number of thioether (sulfide) groups is 1. The van der Waals surface area contributed by atoms with Crippen LogP contribution in [0, 0.1) is 12.7 Å². The van der Waals surface area contributed by atoms with Crippen LogP contribution < -0.4 is 10.2 Å². The highest BCUT2D eigenvalue weighted by molar-refractivity contribution is 8.15. The molecule has 0 spiro atoms. The number of hydrogen-bond acceptors (Lipinski definition) is 4. The molecule has 3 rings (SSSR count). The van der Waals surface area contributed by atoms with Crippen LogP contribution in [-0.4, -0.2) is 22.3 Å². The number of carbonyl (C=O) groups is 3. The lowest BCUT2D eigenvalue weighted by Gasteiger charge is -2.13. The van der Waals surface area contributed by atoms with Gasteiger partial charge in [-0.1, -0.05) is 12.1 Å². The third kappa shape index (κ3) is 3.88. The van der Waals surface area contributed by atoms with Gasteiger partial charge in [0.15, 0.2) is 0 Å². The topological polar surface area (TPSA) is 66.5 Å². The minimum atomic E-state index is -0.789. The van der Waals surface area contributed by atoms with Crippen LogP contribution in [0.2, 0.25) is 0 Å². The predicted molar refractivity (Wildman–Crippen MR) is 95.1 cm³/mol. The number of aryl methyl sites for hydroxylation is 1. The third-order valence-electron chi connectivity index (χ3n) is 3.68. The van der Waals surface area contributed by atoms with Crippen LogP contribution in [0.4, 0.5) is 20.6 Å². The van der Waals surface area contributed by atoms with Crippen molar-refractivity contribution in [1.29, 1.82) is 0 Å². The van der Waals surface area contributed by atoms with Crippen molar-refractivity contribution < 1.29 is 18.8 Å². The van der Waals surface area contributed by atoms with E-state index in [2.05, 4.69) is 5.32 Å². The Morgan fingerprint density at radius 3 is 2.60 bits per heavy atom. The van der Waals surface area contributed by atoms with Gasteiger partial charge in [-0.3, -0.25) is 14.4 Å². The van der Waals surface area contributed by atoms with Crippen LogP contribution in [0.25, 0.3) is 0 Å². The molecule has 1 aliphatic heterocycles. The number of rotatable bonds is 4. The van der Waals surface area contributed by atoms with Crippen LogP contribution >= 0.6 is 11.8 Å². The molecule has 2 aromatic carbocycles. The predicted octanol–water partition coefficient (Wildman–Crippen LogP) is 3.73. The van der Waals surface area contributed by atoms with Crippen LogP contribution in [0.1, 0.15) is 12.0 Å². The zero-order valence-corrected chi connectivity index (χ0v) is 14.2. The van der Waals surface area contributed by atoms with Gasteiger partial charge in [-0.05, 0) is 60.6 Å². The molecule has 1 saturated heterocycles. The molecule has 1 atom stereocenters. The van der Waals surface area contributed by atoms with E-state index in [1.807, 2.05) is 25.1 Å². The van der Waals surface area contributed by atoms with E-state index in [1.165, 1.54) is 24.3 Å². The second-order valence-electron chi connectivity index (χ2n) is 5.64. The summed E-state index contributed by atoms with van der Waals surface area (Å²) in [6, 6.07) is 12.4. The van der Waals surface area contributed by atoms with E-state index in [-0.39, 0.29) is 12.3 Å². The van der Waals surface area contributed by atoms with Gasteiger partial charge in [-0.2, -0.15) is 0 Å². The zero-order chi connectivity index (χ0) is 18.0. The second kappa shape index (κ2) is 7.06. The van der Waals surface area contributed by atoms with E-state index in [0.29, 0.717) is 11.4 Å². The van der Waals surface area contributed by atoms with Crippen molar-refractivity contribution in [1.82, 2.24) is 0 Å². The average molecular weight is 358 g/mol. The molecule has 0 aliphatic carbocycles. The molecule has 3 amide bonds. The average Bonchev–Trinajstić information content (AvgIpc) is 2.82. The normalized spacial score (nSPS) is 17.0. The highest BCUT2D eigenvalue weighted by Crippen LogP contribution is 2.33. The Morgan fingerprint density at radius 2 is 1.92 bits per heavy atom. The molecule has 0 bridgehead atoms. The Morgan fingerprint density at radius 1 is 1.20 bits per heavy atom. The van der Waals surface area contributed by atoms with Crippen LogP contribution in [-0.2, 0) is 9.59 Å². The lowest BCUT2D eigenvalue weighted by atomic mass is 10.2. The van der Waals surface area contributed by atoms with Crippen LogP contribution in [0.3, 0.4) is 0 Å². The summed E-state index contributed by atoms with van der Waals surface area (Å²) in [5, 5.41) is 1.47. The van der Waals surface area contributed by atoms with E-state index in [1.54, 1.807) is 6.07 Å². The van der Waals surface area contributed by atoms with Gasteiger partial charge in [0.25, 0.3) is 5.24 Å². The highest BCUT2D eigenvalue weighted by Gasteiger charge is 2.41. The molecule has 2 aromatic rings. The summed E-state index contributed by atoms with van der Waals surface area (Å²) < 4.78 is 13.0. The molecular formula is C18H15FN2O3S. The summed E-state index contributed by atoms with van der Waals surface area (Å²) in [7, 11) is 0. The number of benzene rings is 2. The number of nitrogens with one attached hydrogen (secondary N) is 1. The number of halogens is 1. The van der Waals surface area contributed by atoms with Gasteiger partial charge < -0.3 is 5.32 Å². The maximum Gasteiger partial charge on any atom is 0.293 e. The van der Waals surface area contributed by atoms with E-state index in [0.717, 1.165) is 22.2 Å². The number of carbonyl (C=O) groups excluding carboxylic acids is 3. The van der Waals surface area contributed by atoms with Gasteiger partial charge >= 0.3 is 0 Å². The zero-order valence-electron chi connectivity index (χ0n) is 13.4. The molecule has 128 valence electrons. The van der Waals surface area contributed by atoms with Crippen molar-refractivity contribution in [2.75, 3.05) is 10.2 Å². The summed E-state index contributed by atoms with van der Waals surface area (Å²) in [5.74, 6) is -1.27. The van der Waals surface area contributed by atoms with E-state index < -0.39 is 22.2 Å². The first kappa shape index (κ1) is 17.2. The lowest BCUT2D eigenvalue weighted by Crippen LogP contribution is -2.32. The molecule has 25 heavy (non-hydrogen) atoms. The standard InChI is InChI=1S/C18H15FN2O3S/c1-11-3-2-4-13(9-11)20-16(22)10-15-17(23)21(18(24)25-15)14-7-5-12(19)6-8-14/h2-9,15H,10H2,1H3,(H,20,22). The summed E-state index contributed by atoms with van der Waals surface area (Å²) in [6.45, 7) is 1.91. The molecule has 0 aromatic heterocycles. The minimum absolute atomic E-state index is 0.110. The molecule has 1 heterocycles. The molecule has 0 radical (unpaired) electrons. The van der Waals surface area contributed by atoms with Gasteiger partial charge in [0.1, 0.15) is 11.1 Å². The SMILES string of the molecule is Cc1cccc(NC(=O)CC2SC(=O)N(c3ccc(F)cc3)C2=O)c1. The van der Waals surface area contributed by atoms with Crippen molar-refractivity contribution >= 4 is 40.2 Å². The maximum atomic E-state index is 13.0. The fourth-order valence-corrected chi connectivity index (χ4v) is 3.50. The largest absolute Gasteiger partial charge is 0.326 e. The van der Waals surface area contributed by atoms with Crippen molar-refractivity contribution in [3.8, 4) is 0 Å². The Kier molecular flexibility index (Phi) is 4.85. The Balaban J connectivity index is 1.67. The van der Waals surface area contributed by atoms with Gasteiger partial charge in [-0.25, -0.2) is 9.29 Å². The summed E-state index contributed by atoms with van der Waals surface area (Å²) in [4.78, 5) is 37.7. The quantitative estimate of drug-likeness (QED) is 0.904. The summed E-state index contributed by atoms with van der Waals surface area (Å²) in [5.41, 5.74) is 1.94. The first-order valence-electron chi connectivity index (χ1n) is 7.61. The van der Waals surface area contributed by atoms with Gasteiger partial charge in [0.05, 0.1) is 5.69 Å². The summed E-state index contributed by atoms with van der Waals surface area (Å²) >= 11 is 0.806. The third-order valence-corrected chi connectivity index (χ3v) is 4.72. The number of hydrogen-bond donors (Lipinski definition) is 1. The molecule has 1 fully saturated rings. The van der Waals surface area contributed by atoms with Crippen LogP contribution in [0.15, 0.2) is 48.5 Å². The number of amides is 3. The number of nitrogens with zero attached hydrogens (tertiary/aromatic N) is 1. The molecule has 5 nitrogen and oxygen atoms in total. The minimum Gasteiger partial charge on any atom is -0.326 e.